The van der Waals surface area contributed by atoms with Gasteiger partial charge in [-0.2, -0.15) is 0 Å². The highest BCUT2D eigenvalue weighted by molar-refractivity contribution is 5.91. The lowest BCUT2D eigenvalue weighted by molar-refractivity contribution is -0.123. The first-order chi connectivity index (χ1) is 11.2. The van der Waals surface area contributed by atoms with Crippen LogP contribution in [0, 0.1) is 5.82 Å². The molecule has 1 amide bonds. The third-order valence-corrected chi connectivity index (χ3v) is 4.51. The molecule has 0 radical (unpaired) electrons. The average molecular weight is 313 g/mol. The summed E-state index contributed by atoms with van der Waals surface area (Å²) in [4.78, 5) is 12.6. The van der Waals surface area contributed by atoms with E-state index in [1.165, 1.54) is 6.07 Å². The van der Waals surface area contributed by atoms with Crippen molar-refractivity contribution in [3.63, 3.8) is 0 Å². The molecule has 1 fully saturated rings. The van der Waals surface area contributed by atoms with E-state index in [9.17, 15) is 9.18 Å². The lowest BCUT2D eigenvalue weighted by atomic mass is 9.94. The Morgan fingerprint density at radius 2 is 1.91 bits per heavy atom. The van der Waals surface area contributed by atoms with Gasteiger partial charge in [0.2, 0.25) is 12.7 Å². The highest BCUT2D eigenvalue weighted by Crippen LogP contribution is 2.50. The lowest BCUT2D eigenvalue weighted by Crippen LogP contribution is -2.34. The minimum Gasteiger partial charge on any atom is -0.454 e. The second-order valence-corrected chi connectivity index (χ2v) is 5.92. The Labute approximate surface area is 133 Å². The second kappa shape index (κ2) is 5.26. The molecule has 2 aliphatic rings. The first-order valence-electron chi connectivity index (χ1n) is 7.61. The zero-order valence-corrected chi connectivity index (χ0v) is 12.5. The van der Waals surface area contributed by atoms with Gasteiger partial charge in [-0.1, -0.05) is 24.3 Å². The first-order valence-corrected chi connectivity index (χ1v) is 7.61. The third-order valence-electron chi connectivity index (χ3n) is 4.51. The summed E-state index contributed by atoms with van der Waals surface area (Å²) in [7, 11) is 0. The minimum atomic E-state index is -0.522. The van der Waals surface area contributed by atoms with Crippen LogP contribution in [0.15, 0.2) is 42.5 Å². The van der Waals surface area contributed by atoms with Crippen molar-refractivity contribution >= 4 is 5.91 Å². The van der Waals surface area contributed by atoms with Crippen LogP contribution in [0.5, 0.6) is 11.5 Å². The number of carbonyl (C=O) groups excluding carboxylic acids is 1. The van der Waals surface area contributed by atoms with E-state index in [0.717, 1.165) is 18.4 Å². The van der Waals surface area contributed by atoms with Crippen molar-refractivity contribution < 1.29 is 18.7 Å². The van der Waals surface area contributed by atoms with Crippen molar-refractivity contribution in [1.29, 1.82) is 0 Å². The molecule has 0 saturated heterocycles. The van der Waals surface area contributed by atoms with Gasteiger partial charge in [0.05, 0.1) is 5.41 Å². The number of ether oxygens (including phenoxy) is 2. The predicted octanol–water partition coefficient (Wildman–Crippen LogP) is 2.90. The quantitative estimate of drug-likeness (QED) is 0.944. The van der Waals surface area contributed by atoms with E-state index in [4.69, 9.17) is 9.47 Å². The van der Waals surface area contributed by atoms with Gasteiger partial charge in [0.25, 0.3) is 0 Å². The topological polar surface area (TPSA) is 47.6 Å². The molecule has 0 atom stereocenters. The Morgan fingerprint density at radius 1 is 1.13 bits per heavy atom. The van der Waals surface area contributed by atoms with Crippen molar-refractivity contribution in [2.75, 3.05) is 6.79 Å². The van der Waals surface area contributed by atoms with E-state index >= 15 is 0 Å². The number of benzene rings is 2. The fourth-order valence-corrected chi connectivity index (χ4v) is 2.95. The molecule has 118 valence electrons. The first kappa shape index (κ1) is 14.1. The maximum atomic E-state index is 13.6. The van der Waals surface area contributed by atoms with E-state index in [0.29, 0.717) is 17.1 Å². The fourth-order valence-electron chi connectivity index (χ4n) is 2.95. The second-order valence-electron chi connectivity index (χ2n) is 5.92. The number of rotatable bonds is 4. The van der Waals surface area contributed by atoms with Crippen molar-refractivity contribution in [2.24, 2.45) is 0 Å². The molecule has 1 N–H and O–H groups in total. The largest absolute Gasteiger partial charge is 0.454 e. The van der Waals surface area contributed by atoms with Crippen LogP contribution < -0.4 is 14.8 Å². The van der Waals surface area contributed by atoms with E-state index in [1.54, 1.807) is 18.2 Å². The van der Waals surface area contributed by atoms with Gasteiger partial charge in [-0.3, -0.25) is 4.79 Å². The Morgan fingerprint density at radius 3 is 2.70 bits per heavy atom. The van der Waals surface area contributed by atoms with Crippen molar-refractivity contribution in [1.82, 2.24) is 5.32 Å². The summed E-state index contributed by atoms with van der Waals surface area (Å²) in [6.45, 7) is 0.406. The van der Waals surface area contributed by atoms with E-state index in [-0.39, 0.29) is 25.1 Å². The van der Waals surface area contributed by atoms with Crippen LogP contribution in [0.25, 0.3) is 0 Å². The molecular formula is C18H16FNO3. The molecule has 0 spiro atoms. The molecule has 4 nitrogen and oxygen atoms in total. The number of halogens is 1. The lowest BCUT2D eigenvalue weighted by Gasteiger charge is -2.16. The van der Waals surface area contributed by atoms with Gasteiger partial charge in [-0.05, 0) is 36.6 Å². The van der Waals surface area contributed by atoms with E-state index < -0.39 is 5.41 Å². The summed E-state index contributed by atoms with van der Waals surface area (Å²) in [5, 5.41) is 2.86. The Bertz CT molecular complexity index is 771. The molecule has 2 aromatic rings. The van der Waals surface area contributed by atoms with Gasteiger partial charge in [0.1, 0.15) is 5.82 Å². The van der Waals surface area contributed by atoms with Crippen LogP contribution in [-0.4, -0.2) is 12.7 Å². The highest BCUT2D eigenvalue weighted by atomic mass is 19.1. The molecule has 4 rings (SSSR count). The summed E-state index contributed by atoms with van der Waals surface area (Å²) in [5.41, 5.74) is 0.891. The zero-order valence-electron chi connectivity index (χ0n) is 12.5. The monoisotopic (exact) mass is 313 g/mol. The summed E-state index contributed by atoms with van der Waals surface area (Å²) < 4.78 is 24.3. The Kier molecular flexibility index (Phi) is 3.22. The molecule has 1 aliphatic carbocycles. The molecule has 1 aliphatic heterocycles. The van der Waals surface area contributed by atoms with Gasteiger partial charge in [-0.15, -0.1) is 0 Å². The third kappa shape index (κ3) is 2.42. The molecular weight excluding hydrogens is 297 g/mol. The maximum Gasteiger partial charge on any atom is 0.231 e. The molecule has 5 heteroatoms. The van der Waals surface area contributed by atoms with Crippen molar-refractivity contribution in [3.05, 3.63) is 59.4 Å². The van der Waals surface area contributed by atoms with Crippen molar-refractivity contribution in [2.45, 2.75) is 24.8 Å². The number of hydrogen-bond acceptors (Lipinski definition) is 3. The zero-order chi connectivity index (χ0) is 15.9. The van der Waals surface area contributed by atoms with Gasteiger partial charge >= 0.3 is 0 Å². The molecule has 2 aromatic carbocycles. The average Bonchev–Trinajstić information content (AvgIpc) is 3.25. The summed E-state index contributed by atoms with van der Waals surface area (Å²) >= 11 is 0. The molecule has 0 bridgehead atoms. The normalized spacial score (nSPS) is 16.9. The number of fused-ring (bicyclic) bond motifs is 1. The fraction of sp³-hybridized carbons (Fsp3) is 0.278. The Balaban J connectivity index is 1.50. The standard InChI is InChI=1S/C18H16FNO3/c19-14-4-2-1-3-12(14)10-20-17(21)18(7-8-18)13-5-6-15-16(9-13)23-11-22-15/h1-6,9H,7-8,10-11H2,(H,20,21). The SMILES string of the molecule is O=C(NCc1ccccc1F)C1(c2ccc3c(c2)OCO3)CC1. The number of hydrogen-bond donors (Lipinski definition) is 1. The van der Waals surface area contributed by atoms with Crippen LogP contribution in [0.3, 0.4) is 0 Å². The summed E-state index contributed by atoms with van der Waals surface area (Å²) in [5.74, 6) is 1.01. The smallest absolute Gasteiger partial charge is 0.231 e. The minimum absolute atomic E-state index is 0.0698. The van der Waals surface area contributed by atoms with Crippen LogP contribution in [0.1, 0.15) is 24.0 Å². The van der Waals surface area contributed by atoms with Crippen LogP contribution in [0.4, 0.5) is 4.39 Å². The van der Waals surface area contributed by atoms with Crippen LogP contribution >= 0.6 is 0 Å². The van der Waals surface area contributed by atoms with Crippen LogP contribution in [0.2, 0.25) is 0 Å². The van der Waals surface area contributed by atoms with E-state index in [1.807, 2.05) is 18.2 Å². The molecule has 1 saturated carbocycles. The summed E-state index contributed by atoms with van der Waals surface area (Å²) in [6.07, 6.45) is 1.57. The molecule has 23 heavy (non-hydrogen) atoms. The molecule has 1 heterocycles. The van der Waals surface area contributed by atoms with Crippen molar-refractivity contribution in [3.8, 4) is 11.5 Å². The van der Waals surface area contributed by atoms with Gasteiger partial charge in [0, 0.05) is 12.1 Å². The Hall–Kier alpha value is -2.56. The van der Waals surface area contributed by atoms with E-state index in [2.05, 4.69) is 5.32 Å². The number of carbonyl (C=O) groups is 1. The van der Waals surface area contributed by atoms with Gasteiger partial charge in [-0.25, -0.2) is 4.39 Å². The number of nitrogens with one attached hydrogen (secondary N) is 1. The molecule has 0 aromatic heterocycles. The molecule has 0 unspecified atom stereocenters. The highest BCUT2D eigenvalue weighted by Gasteiger charge is 2.51. The predicted molar refractivity (Wildman–Crippen MR) is 81.7 cm³/mol. The van der Waals surface area contributed by atoms with Gasteiger partial charge < -0.3 is 14.8 Å². The number of amides is 1. The van der Waals surface area contributed by atoms with Gasteiger partial charge in [0.15, 0.2) is 11.5 Å². The summed E-state index contributed by atoms with van der Waals surface area (Å²) in [6, 6.07) is 12.1. The van der Waals surface area contributed by atoms with Crippen LogP contribution in [-0.2, 0) is 16.8 Å². The maximum absolute atomic E-state index is 13.6.